The van der Waals surface area contributed by atoms with E-state index >= 15 is 0 Å². The average molecular weight is 208 g/mol. The average Bonchev–Trinajstić information content (AvgIpc) is 2.65. The zero-order chi connectivity index (χ0) is 9.97. The third kappa shape index (κ3) is 1.80. The Balaban J connectivity index is 2.33. The topological polar surface area (TPSA) is 26.0 Å². The second kappa shape index (κ2) is 3.84. The van der Waals surface area contributed by atoms with Crippen LogP contribution in [0.3, 0.4) is 0 Å². The molecule has 0 unspecified atom stereocenters. The Labute approximate surface area is 87.5 Å². The molecule has 0 N–H and O–H groups in total. The highest BCUT2D eigenvalue weighted by atomic mass is 35.5. The normalized spacial score (nSPS) is 10.4. The minimum atomic E-state index is 0.319. The van der Waals surface area contributed by atoms with Crippen molar-refractivity contribution < 1.29 is 4.52 Å². The number of rotatable bonds is 2. The van der Waals surface area contributed by atoms with Crippen LogP contribution >= 0.6 is 11.6 Å². The standard InChI is InChI=1S/C11H10ClNO/c1-2-8-3-5-9(6-4-8)10-7-11(12)14-13-10/h3-7H,2H2,1H3. The van der Waals surface area contributed by atoms with Crippen LogP contribution in [0.25, 0.3) is 11.3 Å². The lowest BCUT2D eigenvalue weighted by Crippen LogP contribution is -1.80. The summed E-state index contributed by atoms with van der Waals surface area (Å²) in [6, 6.07) is 9.92. The van der Waals surface area contributed by atoms with Gasteiger partial charge >= 0.3 is 0 Å². The zero-order valence-electron chi connectivity index (χ0n) is 7.83. The molecular formula is C11H10ClNO. The van der Waals surface area contributed by atoms with E-state index in [2.05, 4.69) is 24.2 Å². The van der Waals surface area contributed by atoms with Crippen LogP contribution in [0.1, 0.15) is 12.5 Å². The van der Waals surface area contributed by atoms with E-state index in [-0.39, 0.29) is 0 Å². The minimum Gasteiger partial charge on any atom is -0.344 e. The molecule has 1 heterocycles. The number of hydrogen-bond donors (Lipinski definition) is 0. The largest absolute Gasteiger partial charge is 0.344 e. The molecule has 2 aromatic rings. The quantitative estimate of drug-likeness (QED) is 0.753. The predicted molar refractivity (Wildman–Crippen MR) is 56.3 cm³/mol. The molecule has 0 aliphatic heterocycles. The lowest BCUT2D eigenvalue weighted by Gasteiger charge is -1.97. The maximum Gasteiger partial charge on any atom is 0.226 e. The van der Waals surface area contributed by atoms with Crippen molar-refractivity contribution in [3.8, 4) is 11.3 Å². The number of nitrogens with zero attached hydrogens (tertiary/aromatic N) is 1. The van der Waals surface area contributed by atoms with Gasteiger partial charge in [-0.25, -0.2) is 0 Å². The fraction of sp³-hybridized carbons (Fsp3) is 0.182. The van der Waals surface area contributed by atoms with Crippen molar-refractivity contribution in [2.24, 2.45) is 0 Å². The lowest BCUT2D eigenvalue weighted by atomic mass is 10.1. The fourth-order valence-electron chi connectivity index (χ4n) is 1.30. The van der Waals surface area contributed by atoms with Crippen LogP contribution in [0.15, 0.2) is 34.9 Å². The molecule has 0 aliphatic rings. The van der Waals surface area contributed by atoms with Crippen molar-refractivity contribution in [1.82, 2.24) is 5.16 Å². The molecule has 1 aromatic heterocycles. The molecule has 0 amide bonds. The number of halogens is 1. The Morgan fingerprint density at radius 1 is 1.29 bits per heavy atom. The molecular weight excluding hydrogens is 198 g/mol. The number of hydrogen-bond acceptors (Lipinski definition) is 2. The van der Waals surface area contributed by atoms with E-state index in [1.54, 1.807) is 6.07 Å². The second-order valence-corrected chi connectivity index (χ2v) is 3.44. The van der Waals surface area contributed by atoms with Gasteiger partial charge in [0.25, 0.3) is 0 Å². The summed E-state index contributed by atoms with van der Waals surface area (Å²) in [5, 5.41) is 4.15. The van der Waals surface area contributed by atoms with E-state index in [1.807, 2.05) is 12.1 Å². The van der Waals surface area contributed by atoms with E-state index in [0.29, 0.717) is 5.22 Å². The maximum atomic E-state index is 5.64. The molecule has 0 spiro atoms. The van der Waals surface area contributed by atoms with Crippen LogP contribution in [-0.4, -0.2) is 5.16 Å². The number of benzene rings is 1. The first-order valence-corrected chi connectivity index (χ1v) is 4.89. The third-order valence-electron chi connectivity index (χ3n) is 2.14. The highest BCUT2D eigenvalue weighted by molar-refractivity contribution is 6.29. The summed E-state index contributed by atoms with van der Waals surface area (Å²) < 4.78 is 4.79. The minimum absolute atomic E-state index is 0.319. The molecule has 0 fully saturated rings. The van der Waals surface area contributed by atoms with Crippen LogP contribution in [0.4, 0.5) is 0 Å². The Bertz CT molecular complexity index is 419. The van der Waals surface area contributed by atoms with Gasteiger partial charge in [-0.2, -0.15) is 0 Å². The van der Waals surface area contributed by atoms with Crippen molar-refractivity contribution in [2.75, 3.05) is 0 Å². The zero-order valence-corrected chi connectivity index (χ0v) is 8.58. The highest BCUT2D eigenvalue weighted by Gasteiger charge is 2.03. The smallest absolute Gasteiger partial charge is 0.226 e. The predicted octanol–water partition coefficient (Wildman–Crippen LogP) is 3.56. The lowest BCUT2D eigenvalue weighted by molar-refractivity contribution is 0.424. The van der Waals surface area contributed by atoms with Crippen molar-refractivity contribution in [1.29, 1.82) is 0 Å². The van der Waals surface area contributed by atoms with E-state index in [9.17, 15) is 0 Å². The molecule has 2 rings (SSSR count). The van der Waals surface area contributed by atoms with Gasteiger partial charge in [-0.05, 0) is 23.6 Å². The molecule has 1 aromatic carbocycles. The van der Waals surface area contributed by atoms with Gasteiger partial charge in [0.1, 0.15) is 5.69 Å². The van der Waals surface area contributed by atoms with E-state index in [4.69, 9.17) is 16.1 Å². The van der Waals surface area contributed by atoms with Gasteiger partial charge in [-0.15, -0.1) is 0 Å². The summed E-state index contributed by atoms with van der Waals surface area (Å²) in [5.41, 5.74) is 3.11. The van der Waals surface area contributed by atoms with Gasteiger partial charge < -0.3 is 4.52 Å². The van der Waals surface area contributed by atoms with Gasteiger partial charge in [0.05, 0.1) is 0 Å². The SMILES string of the molecule is CCc1ccc(-c2cc(Cl)on2)cc1. The van der Waals surface area contributed by atoms with E-state index in [0.717, 1.165) is 17.7 Å². The van der Waals surface area contributed by atoms with Gasteiger partial charge in [0.2, 0.25) is 5.22 Å². The Kier molecular flexibility index (Phi) is 2.55. The Morgan fingerprint density at radius 2 is 2.00 bits per heavy atom. The molecule has 72 valence electrons. The molecule has 2 nitrogen and oxygen atoms in total. The number of aromatic nitrogens is 1. The first-order chi connectivity index (χ1) is 6.79. The summed E-state index contributed by atoms with van der Waals surface area (Å²) >= 11 is 5.64. The molecule has 14 heavy (non-hydrogen) atoms. The van der Waals surface area contributed by atoms with E-state index in [1.165, 1.54) is 5.56 Å². The first-order valence-electron chi connectivity index (χ1n) is 4.51. The van der Waals surface area contributed by atoms with Gasteiger partial charge in [-0.3, -0.25) is 0 Å². The summed E-state index contributed by atoms with van der Waals surface area (Å²) in [5.74, 6) is 0. The van der Waals surface area contributed by atoms with Gasteiger partial charge in [0.15, 0.2) is 0 Å². The summed E-state index contributed by atoms with van der Waals surface area (Å²) in [7, 11) is 0. The summed E-state index contributed by atoms with van der Waals surface area (Å²) in [6.45, 7) is 2.13. The van der Waals surface area contributed by atoms with Crippen molar-refractivity contribution in [2.45, 2.75) is 13.3 Å². The van der Waals surface area contributed by atoms with Crippen molar-refractivity contribution in [3.05, 3.63) is 41.1 Å². The molecule has 0 radical (unpaired) electrons. The molecule has 0 bridgehead atoms. The van der Waals surface area contributed by atoms with Gasteiger partial charge in [-0.1, -0.05) is 36.3 Å². The monoisotopic (exact) mass is 207 g/mol. The highest BCUT2D eigenvalue weighted by Crippen LogP contribution is 2.21. The third-order valence-corrected chi connectivity index (χ3v) is 2.32. The van der Waals surface area contributed by atoms with Crippen molar-refractivity contribution >= 4 is 11.6 Å². The Hall–Kier alpha value is -1.28. The molecule has 0 saturated carbocycles. The van der Waals surface area contributed by atoms with Crippen LogP contribution in [-0.2, 0) is 6.42 Å². The molecule has 0 atom stereocenters. The maximum absolute atomic E-state index is 5.64. The van der Waals surface area contributed by atoms with Gasteiger partial charge in [0, 0.05) is 11.6 Å². The first kappa shape index (κ1) is 9.28. The molecule has 0 aliphatic carbocycles. The van der Waals surface area contributed by atoms with Crippen LogP contribution in [0.5, 0.6) is 0 Å². The molecule has 3 heteroatoms. The summed E-state index contributed by atoms with van der Waals surface area (Å²) in [6.07, 6.45) is 1.04. The Morgan fingerprint density at radius 3 is 2.50 bits per heavy atom. The van der Waals surface area contributed by atoms with Crippen LogP contribution < -0.4 is 0 Å². The van der Waals surface area contributed by atoms with Crippen LogP contribution in [0, 0.1) is 0 Å². The van der Waals surface area contributed by atoms with Crippen LogP contribution in [0.2, 0.25) is 5.22 Å². The second-order valence-electron chi connectivity index (χ2n) is 3.07. The van der Waals surface area contributed by atoms with Crippen molar-refractivity contribution in [3.63, 3.8) is 0 Å². The molecule has 0 saturated heterocycles. The number of aryl methyl sites for hydroxylation is 1. The van der Waals surface area contributed by atoms with E-state index < -0.39 is 0 Å². The summed E-state index contributed by atoms with van der Waals surface area (Å²) in [4.78, 5) is 0. The fourth-order valence-corrected chi connectivity index (χ4v) is 1.44.